The summed E-state index contributed by atoms with van der Waals surface area (Å²) >= 11 is 3.61. The van der Waals surface area contributed by atoms with E-state index in [2.05, 4.69) is 94.5 Å². The number of aryl methyl sites for hydroxylation is 1. The molecule has 3 aromatic rings. The lowest BCUT2D eigenvalue weighted by molar-refractivity contribution is 0.413. The summed E-state index contributed by atoms with van der Waals surface area (Å²) in [4.78, 5) is 2.36. The second-order valence-corrected chi connectivity index (χ2v) is 6.95. The van der Waals surface area contributed by atoms with Gasteiger partial charge in [-0.2, -0.15) is 0 Å². The summed E-state index contributed by atoms with van der Waals surface area (Å²) in [5, 5.41) is 0. The molecule has 0 saturated heterocycles. The van der Waals surface area contributed by atoms with Crippen LogP contribution < -0.4 is 9.64 Å². The first-order valence-electron chi connectivity index (χ1n) is 8.34. The van der Waals surface area contributed by atoms with Gasteiger partial charge in [0.2, 0.25) is 0 Å². The predicted octanol–water partition coefficient (Wildman–Crippen LogP) is 5.97. The molecule has 128 valence electrons. The van der Waals surface area contributed by atoms with E-state index in [-0.39, 0.29) is 0 Å². The highest BCUT2D eigenvalue weighted by atomic mass is 79.9. The summed E-state index contributed by atoms with van der Waals surface area (Å²) in [7, 11) is 1.73. The van der Waals surface area contributed by atoms with E-state index < -0.39 is 0 Å². The van der Waals surface area contributed by atoms with Gasteiger partial charge in [-0.15, -0.1) is 0 Å². The largest absolute Gasteiger partial charge is 0.495 e. The molecule has 3 heteroatoms. The first-order valence-corrected chi connectivity index (χ1v) is 9.13. The van der Waals surface area contributed by atoms with E-state index in [9.17, 15) is 0 Å². The van der Waals surface area contributed by atoms with E-state index in [0.29, 0.717) is 0 Å². The number of anilines is 1. The lowest BCUT2D eigenvalue weighted by atomic mass is 10.1. The quantitative estimate of drug-likeness (QED) is 0.509. The molecule has 0 aliphatic carbocycles. The number of hydrogen-bond acceptors (Lipinski definition) is 2. The van der Waals surface area contributed by atoms with E-state index >= 15 is 0 Å². The molecule has 25 heavy (non-hydrogen) atoms. The highest BCUT2D eigenvalue weighted by Crippen LogP contribution is 2.35. The van der Waals surface area contributed by atoms with Gasteiger partial charge in [-0.05, 0) is 35.7 Å². The zero-order chi connectivity index (χ0) is 17.6. The van der Waals surface area contributed by atoms with Crippen LogP contribution in [0.5, 0.6) is 5.75 Å². The molecule has 3 rings (SSSR count). The van der Waals surface area contributed by atoms with Gasteiger partial charge in [0.15, 0.2) is 0 Å². The molecule has 0 N–H and O–H groups in total. The Morgan fingerprint density at radius 3 is 1.84 bits per heavy atom. The van der Waals surface area contributed by atoms with Crippen molar-refractivity contribution >= 4 is 21.6 Å². The number of halogens is 1. The summed E-state index contributed by atoms with van der Waals surface area (Å²) in [6.07, 6.45) is 0. The first kappa shape index (κ1) is 17.6. The van der Waals surface area contributed by atoms with E-state index in [1.165, 1.54) is 16.7 Å². The molecule has 0 bridgehead atoms. The Balaban J connectivity index is 2.00. The third-order valence-corrected chi connectivity index (χ3v) is 5.09. The normalized spacial score (nSPS) is 10.5. The smallest absolute Gasteiger partial charge is 0.143 e. The maximum absolute atomic E-state index is 5.67. The second kappa shape index (κ2) is 8.21. The third kappa shape index (κ3) is 4.43. The minimum Gasteiger partial charge on any atom is -0.495 e. The van der Waals surface area contributed by atoms with E-state index in [1.54, 1.807) is 7.11 Å². The minimum atomic E-state index is 0.827. The van der Waals surface area contributed by atoms with Crippen molar-refractivity contribution in [2.45, 2.75) is 20.0 Å². The van der Waals surface area contributed by atoms with Gasteiger partial charge in [-0.25, -0.2) is 0 Å². The van der Waals surface area contributed by atoms with E-state index in [4.69, 9.17) is 4.74 Å². The summed E-state index contributed by atoms with van der Waals surface area (Å²) < 4.78 is 6.73. The zero-order valence-electron chi connectivity index (χ0n) is 14.6. The van der Waals surface area contributed by atoms with Crippen LogP contribution in [-0.2, 0) is 13.1 Å². The van der Waals surface area contributed by atoms with Crippen LogP contribution in [-0.4, -0.2) is 7.11 Å². The molecular weight excluding hydrogens is 374 g/mol. The first-order chi connectivity index (χ1) is 12.2. The maximum Gasteiger partial charge on any atom is 0.143 e. The molecule has 0 heterocycles. The Morgan fingerprint density at radius 1 is 0.840 bits per heavy atom. The van der Waals surface area contributed by atoms with Gasteiger partial charge in [-0.1, -0.05) is 76.6 Å². The standard InChI is InChI=1S/C22H22BrNO/c1-17-13-21(22(25-2)14-20(17)23)24(15-18-9-5-3-6-10-18)16-19-11-7-4-8-12-19/h3-14H,15-16H2,1-2H3. The van der Waals surface area contributed by atoms with Crippen molar-refractivity contribution in [2.24, 2.45) is 0 Å². The molecule has 0 unspecified atom stereocenters. The van der Waals surface area contributed by atoms with Crippen molar-refractivity contribution in [3.8, 4) is 5.75 Å². The average Bonchev–Trinajstić information content (AvgIpc) is 2.65. The highest BCUT2D eigenvalue weighted by Gasteiger charge is 2.15. The number of rotatable bonds is 6. The topological polar surface area (TPSA) is 12.5 Å². The maximum atomic E-state index is 5.67. The van der Waals surface area contributed by atoms with Crippen LogP contribution in [0.4, 0.5) is 5.69 Å². The fourth-order valence-corrected chi connectivity index (χ4v) is 3.21. The number of benzene rings is 3. The Labute approximate surface area is 158 Å². The van der Waals surface area contributed by atoms with Gasteiger partial charge >= 0.3 is 0 Å². The molecule has 0 aromatic heterocycles. The number of ether oxygens (including phenoxy) is 1. The molecule has 0 spiro atoms. The van der Waals surface area contributed by atoms with Gasteiger partial charge in [0.05, 0.1) is 12.8 Å². The van der Waals surface area contributed by atoms with Crippen LogP contribution in [0.1, 0.15) is 16.7 Å². The van der Waals surface area contributed by atoms with Crippen LogP contribution in [0.2, 0.25) is 0 Å². The van der Waals surface area contributed by atoms with Gasteiger partial charge in [-0.3, -0.25) is 0 Å². The van der Waals surface area contributed by atoms with E-state index in [0.717, 1.165) is 29.0 Å². The molecule has 0 radical (unpaired) electrons. The summed E-state index contributed by atoms with van der Waals surface area (Å²) in [6.45, 7) is 3.76. The number of hydrogen-bond donors (Lipinski definition) is 0. The van der Waals surface area contributed by atoms with Crippen LogP contribution in [0.15, 0.2) is 77.3 Å². The van der Waals surface area contributed by atoms with Crippen molar-refractivity contribution in [1.29, 1.82) is 0 Å². The zero-order valence-corrected chi connectivity index (χ0v) is 16.2. The number of nitrogens with zero attached hydrogens (tertiary/aromatic N) is 1. The predicted molar refractivity (Wildman–Crippen MR) is 108 cm³/mol. The summed E-state index contributed by atoms with van der Waals surface area (Å²) in [5.74, 6) is 0.879. The van der Waals surface area contributed by atoms with Crippen molar-refractivity contribution in [2.75, 3.05) is 12.0 Å². The van der Waals surface area contributed by atoms with E-state index in [1.807, 2.05) is 6.07 Å². The minimum absolute atomic E-state index is 0.827. The fourth-order valence-electron chi connectivity index (χ4n) is 2.89. The second-order valence-electron chi connectivity index (χ2n) is 6.10. The molecule has 0 saturated carbocycles. The third-order valence-electron chi connectivity index (χ3n) is 4.23. The lowest BCUT2D eigenvalue weighted by Gasteiger charge is -2.27. The van der Waals surface area contributed by atoms with Gasteiger partial charge in [0.1, 0.15) is 5.75 Å². The SMILES string of the molecule is COc1cc(Br)c(C)cc1N(Cc1ccccc1)Cc1ccccc1. The Hall–Kier alpha value is -2.26. The van der Waals surface area contributed by atoms with Gasteiger partial charge in [0, 0.05) is 17.6 Å². The molecule has 2 nitrogen and oxygen atoms in total. The number of methoxy groups -OCH3 is 1. The van der Waals surface area contributed by atoms with Crippen molar-refractivity contribution < 1.29 is 4.74 Å². The Bertz CT molecular complexity index is 777. The molecule has 3 aromatic carbocycles. The summed E-state index contributed by atoms with van der Waals surface area (Å²) in [6, 6.07) is 25.3. The summed E-state index contributed by atoms with van der Waals surface area (Å²) in [5.41, 5.74) is 4.86. The van der Waals surface area contributed by atoms with Crippen LogP contribution in [0, 0.1) is 6.92 Å². The molecule has 0 aliphatic rings. The van der Waals surface area contributed by atoms with Crippen LogP contribution >= 0.6 is 15.9 Å². The van der Waals surface area contributed by atoms with Crippen molar-refractivity contribution in [3.05, 3.63) is 94.0 Å². The van der Waals surface area contributed by atoms with Gasteiger partial charge in [0.25, 0.3) is 0 Å². The van der Waals surface area contributed by atoms with Crippen molar-refractivity contribution in [1.82, 2.24) is 0 Å². The van der Waals surface area contributed by atoms with Gasteiger partial charge < -0.3 is 9.64 Å². The molecule has 0 atom stereocenters. The average molecular weight is 396 g/mol. The van der Waals surface area contributed by atoms with Crippen LogP contribution in [0.3, 0.4) is 0 Å². The Kier molecular flexibility index (Phi) is 5.77. The molecule has 0 fully saturated rings. The lowest BCUT2D eigenvalue weighted by Crippen LogP contribution is -2.23. The molecule has 0 amide bonds. The Morgan fingerprint density at radius 2 is 1.36 bits per heavy atom. The highest BCUT2D eigenvalue weighted by molar-refractivity contribution is 9.10. The van der Waals surface area contributed by atoms with Crippen molar-refractivity contribution in [3.63, 3.8) is 0 Å². The monoisotopic (exact) mass is 395 g/mol. The van der Waals surface area contributed by atoms with Crippen LogP contribution in [0.25, 0.3) is 0 Å². The molecular formula is C22H22BrNO. The fraction of sp³-hybridized carbons (Fsp3) is 0.182. The molecule has 0 aliphatic heterocycles.